The van der Waals surface area contributed by atoms with Crippen LogP contribution in [0.3, 0.4) is 0 Å². The molecule has 0 radical (unpaired) electrons. The molecular weight excluding hydrogens is 349 g/mol. The molecule has 136 valence electrons. The maximum Gasteiger partial charge on any atom is 0.288 e. The fourth-order valence-corrected chi connectivity index (χ4v) is 2.79. The first-order valence-corrected chi connectivity index (χ1v) is 8.01. The third kappa shape index (κ3) is 3.77. The highest BCUT2D eigenvalue weighted by Gasteiger charge is 2.31. The van der Waals surface area contributed by atoms with Gasteiger partial charge in [0.25, 0.3) is 11.9 Å². The van der Waals surface area contributed by atoms with Crippen LogP contribution in [-0.4, -0.2) is 16.9 Å². The highest BCUT2D eigenvalue weighted by molar-refractivity contribution is 6.02. The van der Waals surface area contributed by atoms with E-state index in [1.165, 1.54) is 36.5 Å². The van der Waals surface area contributed by atoms with Crippen LogP contribution in [0.15, 0.2) is 53.4 Å². The van der Waals surface area contributed by atoms with Gasteiger partial charge in [-0.25, -0.2) is 14.4 Å². The van der Waals surface area contributed by atoms with Gasteiger partial charge in [0.2, 0.25) is 0 Å². The molecule has 0 saturated heterocycles. The lowest BCUT2D eigenvalue weighted by Crippen LogP contribution is -2.30. The molecule has 1 amide bonds. The van der Waals surface area contributed by atoms with Crippen molar-refractivity contribution in [1.29, 1.82) is 5.26 Å². The monoisotopic (exact) mass is 365 g/mol. The molecule has 1 aromatic carbocycles. The van der Waals surface area contributed by atoms with Crippen molar-refractivity contribution in [1.82, 2.24) is 4.98 Å². The summed E-state index contributed by atoms with van der Waals surface area (Å²) in [6.45, 7) is 3.39. The minimum Gasteiger partial charge on any atom is -0.431 e. The van der Waals surface area contributed by atoms with Gasteiger partial charge in [0.1, 0.15) is 28.9 Å². The predicted molar refractivity (Wildman–Crippen MR) is 97.1 cm³/mol. The second kappa shape index (κ2) is 6.88. The van der Waals surface area contributed by atoms with Crippen molar-refractivity contribution < 1.29 is 13.9 Å². The summed E-state index contributed by atoms with van der Waals surface area (Å²) in [6.07, 6.45) is 2.95. The summed E-state index contributed by atoms with van der Waals surface area (Å²) in [6, 6.07) is 8.97. The van der Waals surface area contributed by atoms with E-state index in [1.54, 1.807) is 19.9 Å². The normalized spacial score (nSPS) is 18.6. The van der Waals surface area contributed by atoms with E-state index in [9.17, 15) is 9.18 Å². The van der Waals surface area contributed by atoms with E-state index in [4.69, 9.17) is 15.7 Å². The number of nitriles is 1. The Labute approximate surface area is 155 Å². The average molecular weight is 365 g/mol. The Morgan fingerprint density at radius 1 is 1.37 bits per heavy atom. The number of nitrogens with one attached hydrogen (secondary N) is 1. The lowest BCUT2D eigenvalue weighted by atomic mass is 9.90. The van der Waals surface area contributed by atoms with Gasteiger partial charge < -0.3 is 15.8 Å². The second-order valence-electron chi connectivity index (χ2n) is 6.15. The Kier molecular flexibility index (Phi) is 4.60. The number of aliphatic imine (C=N–C) groups is 1. The number of ether oxygens (including phenoxy) is 1. The molecule has 2 aromatic rings. The molecule has 2 heterocycles. The number of amidine groups is 1. The maximum absolute atomic E-state index is 14.5. The maximum atomic E-state index is 14.5. The van der Waals surface area contributed by atoms with Crippen molar-refractivity contribution in [2.45, 2.75) is 19.4 Å². The van der Waals surface area contributed by atoms with Gasteiger partial charge >= 0.3 is 0 Å². The van der Waals surface area contributed by atoms with Gasteiger partial charge in [-0.15, -0.1) is 0 Å². The summed E-state index contributed by atoms with van der Waals surface area (Å²) in [5, 5.41) is 11.4. The molecule has 7 nitrogen and oxygen atoms in total. The molecule has 0 unspecified atom stereocenters. The third-order valence-corrected chi connectivity index (χ3v) is 3.99. The van der Waals surface area contributed by atoms with Gasteiger partial charge in [-0.3, -0.25) is 4.79 Å². The zero-order valence-electron chi connectivity index (χ0n) is 14.7. The van der Waals surface area contributed by atoms with Crippen molar-refractivity contribution in [3.8, 4) is 6.07 Å². The van der Waals surface area contributed by atoms with E-state index in [0.717, 1.165) is 0 Å². The molecule has 1 atom stereocenters. The van der Waals surface area contributed by atoms with E-state index in [1.807, 2.05) is 6.07 Å². The zero-order chi connectivity index (χ0) is 19.6. The zero-order valence-corrected chi connectivity index (χ0v) is 14.7. The molecule has 0 fully saturated rings. The third-order valence-electron chi connectivity index (χ3n) is 3.99. The molecule has 3 N–H and O–H groups in total. The van der Waals surface area contributed by atoms with Crippen LogP contribution in [0, 0.1) is 17.1 Å². The number of allylic oxidation sites excluding steroid dienone is 1. The summed E-state index contributed by atoms with van der Waals surface area (Å²) >= 11 is 0. The number of hydrogen-bond acceptors (Lipinski definition) is 6. The first-order valence-electron chi connectivity index (χ1n) is 8.01. The fraction of sp³-hybridized carbons (Fsp3) is 0.158. The number of halogens is 1. The number of nitrogens with zero attached hydrogens (tertiary/aromatic N) is 3. The Bertz CT molecular complexity index is 988. The van der Waals surface area contributed by atoms with Crippen molar-refractivity contribution >= 4 is 17.6 Å². The lowest BCUT2D eigenvalue weighted by molar-refractivity contribution is 0.102. The van der Waals surface area contributed by atoms with E-state index in [0.29, 0.717) is 17.0 Å². The van der Waals surface area contributed by atoms with Gasteiger partial charge in [-0.2, -0.15) is 5.26 Å². The summed E-state index contributed by atoms with van der Waals surface area (Å²) in [5.41, 5.74) is 5.69. The predicted octanol–water partition coefficient (Wildman–Crippen LogP) is 2.81. The molecular formula is C19H16FN5O2. The average Bonchev–Trinajstić information content (AvgIpc) is 2.62. The number of carbonyl (C=O) groups is 1. The van der Waals surface area contributed by atoms with E-state index in [2.05, 4.69) is 15.3 Å². The van der Waals surface area contributed by atoms with Crippen LogP contribution in [0.2, 0.25) is 0 Å². The summed E-state index contributed by atoms with van der Waals surface area (Å²) in [5.74, 6) is -0.473. The molecule has 0 saturated carbocycles. The highest BCUT2D eigenvalue weighted by Crippen LogP contribution is 2.34. The molecule has 0 aliphatic carbocycles. The van der Waals surface area contributed by atoms with Crippen LogP contribution >= 0.6 is 0 Å². The van der Waals surface area contributed by atoms with Crippen LogP contribution in [0.1, 0.15) is 35.5 Å². The fourth-order valence-electron chi connectivity index (χ4n) is 2.79. The molecule has 1 aromatic heterocycles. The molecule has 27 heavy (non-hydrogen) atoms. The van der Waals surface area contributed by atoms with E-state index >= 15 is 0 Å². The van der Waals surface area contributed by atoms with Crippen LogP contribution in [-0.2, 0) is 10.3 Å². The van der Waals surface area contributed by atoms with Gasteiger partial charge in [0, 0.05) is 17.4 Å². The molecule has 1 aliphatic rings. The summed E-state index contributed by atoms with van der Waals surface area (Å²) in [4.78, 5) is 20.5. The summed E-state index contributed by atoms with van der Waals surface area (Å²) in [7, 11) is 0. The molecule has 1 aliphatic heterocycles. The van der Waals surface area contributed by atoms with E-state index in [-0.39, 0.29) is 17.3 Å². The Morgan fingerprint density at radius 3 is 2.78 bits per heavy atom. The number of anilines is 1. The van der Waals surface area contributed by atoms with Gasteiger partial charge in [-0.1, -0.05) is 0 Å². The molecule has 8 heteroatoms. The summed E-state index contributed by atoms with van der Waals surface area (Å²) < 4.78 is 19.6. The number of carbonyl (C=O) groups excluding carboxylic acids is 1. The Morgan fingerprint density at radius 2 is 2.15 bits per heavy atom. The lowest BCUT2D eigenvalue weighted by Gasteiger charge is -2.27. The van der Waals surface area contributed by atoms with Gasteiger partial charge in [-0.05, 0) is 50.3 Å². The molecule has 0 bridgehead atoms. The Hall–Kier alpha value is -3.73. The molecule has 0 spiro atoms. The molecule has 3 rings (SSSR count). The van der Waals surface area contributed by atoms with Crippen LogP contribution in [0.4, 0.5) is 10.1 Å². The van der Waals surface area contributed by atoms with Crippen molar-refractivity contribution in [2.75, 3.05) is 5.32 Å². The topological polar surface area (TPSA) is 113 Å². The minimum atomic E-state index is -1.07. The number of hydrogen-bond donors (Lipinski definition) is 2. The van der Waals surface area contributed by atoms with Crippen molar-refractivity contribution in [2.24, 2.45) is 10.7 Å². The number of benzene rings is 1. The Balaban J connectivity index is 1.90. The van der Waals surface area contributed by atoms with E-state index < -0.39 is 17.3 Å². The largest absolute Gasteiger partial charge is 0.431 e. The second-order valence-corrected chi connectivity index (χ2v) is 6.15. The number of pyridine rings is 1. The number of nitrogens with two attached hydrogens (primary N) is 1. The number of aromatic nitrogens is 1. The first kappa shape index (κ1) is 18.1. The smallest absolute Gasteiger partial charge is 0.288 e. The standard InChI is InChI=1S/C19H16FN5O2/c1-11-8-19(2,25-18(22)27-11)14-7-13(4-5-15(14)20)24-17(26)16-6-3-12(9-21)10-23-16/h3-8,10H,1-2H3,(H2,22,25)(H,24,26)/t19-/m0/s1. The van der Waals surface area contributed by atoms with Crippen LogP contribution in [0.5, 0.6) is 0 Å². The van der Waals surface area contributed by atoms with Crippen LogP contribution < -0.4 is 11.1 Å². The SMILES string of the molecule is CC1=C[C@@](C)(c2cc(NC(=O)c3ccc(C#N)cn3)ccc2F)N=C(N)O1. The number of rotatable bonds is 3. The number of amides is 1. The highest BCUT2D eigenvalue weighted by atomic mass is 19.1. The van der Waals surface area contributed by atoms with Crippen LogP contribution in [0.25, 0.3) is 0 Å². The minimum absolute atomic E-state index is 0.0619. The van der Waals surface area contributed by atoms with Crippen molar-refractivity contribution in [3.63, 3.8) is 0 Å². The van der Waals surface area contributed by atoms with Gasteiger partial charge in [0.15, 0.2) is 0 Å². The van der Waals surface area contributed by atoms with Gasteiger partial charge in [0.05, 0.1) is 5.56 Å². The first-order chi connectivity index (χ1) is 12.8. The van der Waals surface area contributed by atoms with Crippen molar-refractivity contribution in [3.05, 3.63) is 71.0 Å². The quantitative estimate of drug-likeness (QED) is 0.868.